The number of methoxy groups -OCH3 is 3. The van der Waals surface area contributed by atoms with Gasteiger partial charge in [-0.2, -0.15) is 0 Å². The average Bonchev–Trinajstić information content (AvgIpc) is 3.44. The smallest absolute Gasteiger partial charge is 0.465 e. The first-order chi connectivity index (χ1) is 28.0. The molecule has 6 rings (SSSR count). The summed E-state index contributed by atoms with van der Waals surface area (Å²) in [4.78, 5) is 34.8. The van der Waals surface area contributed by atoms with E-state index >= 15 is 0 Å². The number of carbonyl (C=O) groups is 3. The van der Waals surface area contributed by atoms with Crippen molar-refractivity contribution in [3.05, 3.63) is 98.6 Å². The summed E-state index contributed by atoms with van der Waals surface area (Å²) in [6, 6.07) is 14.9. The van der Waals surface area contributed by atoms with Crippen molar-refractivity contribution >= 4 is 30.5 Å². The van der Waals surface area contributed by atoms with Gasteiger partial charge in [0.15, 0.2) is 12.6 Å². The number of esters is 3. The third-order valence-electron chi connectivity index (χ3n) is 11.1. The summed E-state index contributed by atoms with van der Waals surface area (Å²) in [5.41, 5.74) is 7.39. The number of hydrogen-bond donors (Lipinski definition) is 0. The molecule has 13 heteroatoms. The highest BCUT2D eigenvalue weighted by atomic mass is 16.7. The van der Waals surface area contributed by atoms with Gasteiger partial charge in [-0.15, -0.1) is 0 Å². The second-order valence-electron chi connectivity index (χ2n) is 16.1. The van der Waals surface area contributed by atoms with E-state index in [9.17, 15) is 14.4 Å². The van der Waals surface area contributed by atoms with Crippen LogP contribution in [0.2, 0.25) is 0 Å². The predicted molar refractivity (Wildman–Crippen MR) is 225 cm³/mol. The first-order valence-electron chi connectivity index (χ1n) is 20.4. The Morgan fingerprint density at radius 1 is 0.627 bits per heavy atom. The molecule has 0 aromatic heterocycles. The molecular formula is C46H63BO12. The fourth-order valence-corrected chi connectivity index (χ4v) is 6.89. The van der Waals surface area contributed by atoms with Crippen molar-refractivity contribution in [1.82, 2.24) is 0 Å². The molecule has 2 unspecified atom stereocenters. The summed E-state index contributed by atoms with van der Waals surface area (Å²) in [5, 5.41) is 0. The molecule has 3 aliphatic heterocycles. The molecule has 3 aromatic rings. The lowest BCUT2D eigenvalue weighted by Crippen LogP contribution is -2.41. The van der Waals surface area contributed by atoms with Gasteiger partial charge in [-0.3, -0.25) is 0 Å². The molecule has 3 saturated heterocycles. The lowest BCUT2D eigenvalue weighted by molar-refractivity contribution is -0.169. The summed E-state index contributed by atoms with van der Waals surface area (Å²) in [6.07, 6.45) is 6.03. The molecule has 59 heavy (non-hydrogen) atoms. The molecule has 322 valence electrons. The molecule has 0 amide bonds. The van der Waals surface area contributed by atoms with E-state index in [-0.39, 0.29) is 30.5 Å². The van der Waals surface area contributed by atoms with Crippen LogP contribution in [0.25, 0.3) is 0 Å². The monoisotopic (exact) mass is 818 g/mol. The molecule has 3 aliphatic rings. The highest BCUT2D eigenvalue weighted by Gasteiger charge is 2.53. The van der Waals surface area contributed by atoms with Crippen LogP contribution in [0.15, 0.2) is 48.5 Å². The Morgan fingerprint density at radius 3 is 1.58 bits per heavy atom. The highest BCUT2D eigenvalue weighted by Crippen LogP contribution is 2.37. The number of hydrogen-bond acceptors (Lipinski definition) is 12. The molecule has 3 fully saturated rings. The molecule has 0 saturated carbocycles. The van der Waals surface area contributed by atoms with Crippen molar-refractivity contribution in [1.29, 1.82) is 0 Å². The molecule has 12 nitrogen and oxygen atoms in total. The predicted octanol–water partition coefficient (Wildman–Crippen LogP) is 8.04. The van der Waals surface area contributed by atoms with Crippen LogP contribution in [0, 0.1) is 27.7 Å². The van der Waals surface area contributed by atoms with Gasteiger partial charge >= 0.3 is 25.0 Å². The average molecular weight is 819 g/mol. The second-order valence-corrected chi connectivity index (χ2v) is 16.1. The number of rotatable bonds is 10. The van der Waals surface area contributed by atoms with Crippen molar-refractivity contribution in [2.75, 3.05) is 34.5 Å². The van der Waals surface area contributed by atoms with Crippen LogP contribution in [0.5, 0.6) is 0 Å². The standard InChI is InChI=1S/C21H31BO6.C15H20O4.C10H12O2/c1-14-16(19(23)24-6)11-10-15(13-26-17-9-7-8-12-25-17)18(14)22-27-20(2,3)21(4,5)28-22;1-11-9-12(6-7-13(11)15(16)17-2)10-19-14-5-3-4-8-18-14;1-7-4-5-9(8(2)6-7)10(11)12-3/h10-11,17H,7-9,12-13H2,1-6H3;6-7,9,14H,3-5,8,10H2,1-2H3;4-6H,1-3H3. The zero-order valence-electron chi connectivity index (χ0n) is 36.8. The Balaban J connectivity index is 0.000000214. The maximum Gasteiger partial charge on any atom is 0.495 e. The molecular weight excluding hydrogens is 755 g/mol. The normalized spacial score (nSPS) is 19.3. The molecule has 0 spiro atoms. The van der Waals surface area contributed by atoms with Crippen molar-refractivity contribution in [3.8, 4) is 0 Å². The number of aryl methyl sites for hydroxylation is 3. The third kappa shape index (κ3) is 12.9. The Bertz CT molecular complexity index is 1860. The summed E-state index contributed by atoms with van der Waals surface area (Å²) in [5.74, 6) is -0.952. The van der Waals surface area contributed by atoms with E-state index in [1.54, 1.807) is 18.2 Å². The van der Waals surface area contributed by atoms with E-state index in [0.717, 1.165) is 90.6 Å². The fourth-order valence-electron chi connectivity index (χ4n) is 6.89. The Kier molecular flexibility index (Phi) is 17.7. The first-order valence-corrected chi connectivity index (χ1v) is 20.4. The van der Waals surface area contributed by atoms with Gasteiger partial charge in [0.1, 0.15) is 0 Å². The third-order valence-corrected chi connectivity index (χ3v) is 11.1. The van der Waals surface area contributed by atoms with E-state index in [4.69, 9.17) is 37.7 Å². The van der Waals surface area contributed by atoms with E-state index < -0.39 is 18.3 Å². The van der Waals surface area contributed by atoms with Gasteiger partial charge in [-0.25, -0.2) is 14.4 Å². The van der Waals surface area contributed by atoms with Gasteiger partial charge in [0.2, 0.25) is 0 Å². The Labute approximate surface area is 350 Å². The zero-order valence-corrected chi connectivity index (χ0v) is 36.8. The van der Waals surface area contributed by atoms with E-state index in [1.165, 1.54) is 21.3 Å². The molecule has 0 N–H and O–H groups in total. The molecule has 3 heterocycles. The van der Waals surface area contributed by atoms with Crippen LogP contribution >= 0.6 is 0 Å². The lowest BCUT2D eigenvalue weighted by atomic mass is 9.72. The van der Waals surface area contributed by atoms with Crippen molar-refractivity contribution in [3.63, 3.8) is 0 Å². The topological polar surface area (TPSA) is 134 Å². The minimum atomic E-state index is -0.583. The quantitative estimate of drug-likeness (QED) is 0.111. The second kappa shape index (κ2) is 21.9. The van der Waals surface area contributed by atoms with Gasteiger partial charge in [0.05, 0.1) is 62.4 Å². The number of carbonyl (C=O) groups excluding carboxylic acids is 3. The van der Waals surface area contributed by atoms with E-state index in [1.807, 2.05) is 85.7 Å². The van der Waals surface area contributed by atoms with Crippen LogP contribution in [0.4, 0.5) is 0 Å². The van der Waals surface area contributed by atoms with Gasteiger partial charge in [0, 0.05) is 13.2 Å². The first kappa shape index (κ1) is 47.6. The summed E-state index contributed by atoms with van der Waals surface area (Å²) >= 11 is 0. The maximum atomic E-state index is 12.2. The van der Waals surface area contributed by atoms with Gasteiger partial charge in [-0.1, -0.05) is 35.9 Å². The van der Waals surface area contributed by atoms with Gasteiger partial charge in [0.25, 0.3) is 0 Å². The molecule has 2 atom stereocenters. The highest BCUT2D eigenvalue weighted by molar-refractivity contribution is 6.63. The Morgan fingerprint density at radius 2 is 1.10 bits per heavy atom. The zero-order chi connectivity index (χ0) is 43.3. The molecule has 0 aliphatic carbocycles. The summed E-state index contributed by atoms with van der Waals surface area (Å²) in [7, 11) is 3.58. The van der Waals surface area contributed by atoms with Crippen molar-refractivity contribution in [2.45, 2.75) is 131 Å². The Hall–Kier alpha value is -4.11. The lowest BCUT2D eigenvalue weighted by Gasteiger charge is -2.32. The van der Waals surface area contributed by atoms with Crippen LogP contribution in [0.1, 0.15) is 131 Å². The number of benzene rings is 3. The molecule has 0 radical (unpaired) electrons. The molecule has 0 bridgehead atoms. The number of ether oxygens (including phenoxy) is 7. The maximum absolute atomic E-state index is 12.2. The largest absolute Gasteiger partial charge is 0.495 e. The van der Waals surface area contributed by atoms with Crippen LogP contribution < -0.4 is 5.46 Å². The van der Waals surface area contributed by atoms with Crippen LogP contribution in [0.3, 0.4) is 0 Å². The van der Waals surface area contributed by atoms with Crippen LogP contribution in [-0.4, -0.2) is 83.4 Å². The van der Waals surface area contributed by atoms with Crippen LogP contribution in [-0.2, 0) is 55.7 Å². The van der Waals surface area contributed by atoms with Gasteiger partial charge in [-0.05, 0) is 145 Å². The molecule has 3 aromatic carbocycles. The van der Waals surface area contributed by atoms with Crippen molar-refractivity contribution < 1.29 is 56.9 Å². The minimum absolute atomic E-state index is 0.0886. The summed E-state index contributed by atoms with van der Waals surface area (Å²) in [6.45, 7) is 18.1. The minimum Gasteiger partial charge on any atom is -0.465 e. The fraction of sp³-hybridized carbons (Fsp3) is 0.543. The summed E-state index contributed by atoms with van der Waals surface area (Å²) < 4.78 is 49.7. The van der Waals surface area contributed by atoms with E-state index in [0.29, 0.717) is 29.9 Å². The van der Waals surface area contributed by atoms with Gasteiger partial charge < -0.3 is 42.5 Å². The SMILES string of the molecule is COC(=O)c1ccc(C)cc1C.COC(=O)c1ccc(COC2CCCCO2)c(B2OC(C)(C)C(C)(C)O2)c1C.COC(=O)c1ccc(COC2CCCCO2)cc1C. The van der Waals surface area contributed by atoms with Crippen molar-refractivity contribution in [2.24, 2.45) is 0 Å². The van der Waals surface area contributed by atoms with E-state index in [2.05, 4.69) is 4.74 Å².